The van der Waals surface area contributed by atoms with Crippen molar-refractivity contribution in [1.29, 1.82) is 0 Å². The lowest BCUT2D eigenvalue weighted by Crippen LogP contribution is -2.09. The maximum Gasteiger partial charge on any atom is 0.359 e. The van der Waals surface area contributed by atoms with Crippen molar-refractivity contribution in [2.45, 2.75) is 6.92 Å². The quantitative estimate of drug-likeness (QED) is 0.807. The smallest absolute Gasteiger partial charge is 0.359 e. The molecule has 6 nitrogen and oxygen atoms in total. The molecule has 2 aromatic heterocycles. The van der Waals surface area contributed by atoms with Crippen LogP contribution in [0.3, 0.4) is 0 Å². The molecule has 0 amide bonds. The fourth-order valence-electron chi connectivity index (χ4n) is 1.65. The fourth-order valence-corrected chi connectivity index (χ4v) is 2.27. The van der Waals surface area contributed by atoms with E-state index in [0.717, 1.165) is 0 Å². The predicted octanol–water partition coefficient (Wildman–Crippen LogP) is 2.06. The third-order valence-electron chi connectivity index (χ3n) is 2.45. The summed E-state index contributed by atoms with van der Waals surface area (Å²) in [5, 5.41) is 0. The summed E-state index contributed by atoms with van der Waals surface area (Å²) < 4.78 is 11.5. The van der Waals surface area contributed by atoms with E-state index in [1.54, 1.807) is 25.1 Å². The van der Waals surface area contributed by atoms with Crippen LogP contribution in [0, 0.1) is 0 Å². The van der Waals surface area contributed by atoms with Crippen molar-refractivity contribution >= 4 is 33.5 Å². The molecule has 0 atom stereocenters. The molecule has 0 saturated carbocycles. The lowest BCUT2D eigenvalue weighted by atomic mass is 10.3. The van der Waals surface area contributed by atoms with E-state index in [1.165, 1.54) is 11.5 Å². The molecule has 0 fully saturated rings. The maximum absolute atomic E-state index is 11.7. The first-order valence-corrected chi connectivity index (χ1v) is 6.31. The minimum absolute atomic E-state index is 0.123. The first-order chi connectivity index (χ1) is 9.10. The summed E-state index contributed by atoms with van der Waals surface area (Å²) in [6, 6.07) is 4.93. The van der Waals surface area contributed by atoms with Crippen LogP contribution >= 0.6 is 15.9 Å². The summed E-state index contributed by atoms with van der Waals surface area (Å²) in [7, 11) is 1.29. The van der Waals surface area contributed by atoms with Crippen molar-refractivity contribution in [2.75, 3.05) is 13.7 Å². The number of hydrogen-bond donors (Lipinski definition) is 0. The molecule has 100 valence electrons. The number of pyridine rings is 1. The highest BCUT2D eigenvalue weighted by atomic mass is 79.9. The Kier molecular flexibility index (Phi) is 3.84. The van der Waals surface area contributed by atoms with Crippen LogP contribution < -0.4 is 0 Å². The Balaban J connectivity index is 2.64. The number of carbonyl (C=O) groups excluding carboxylic acids is 2. The largest absolute Gasteiger partial charge is 0.464 e. The second-order valence-electron chi connectivity index (χ2n) is 3.57. The monoisotopic (exact) mass is 326 g/mol. The Morgan fingerprint density at radius 3 is 2.74 bits per heavy atom. The minimum atomic E-state index is -0.547. The van der Waals surface area contributed by atoms with Gasteiger partial charge in [-0.2, -0.15) is 0 Å². The molecular weight excluding hydrogens is 316 g/mol. The fraction of sp³-hybridized carbons (Fsp3) is 0.250. The average Bonchev–Trinajstić information content (AvgIpc) is 2.76. The van der Waals surface area contributed by atoms with E-state index >= 15 is 0 Å². The van der Waals surface area contributed by atoms with Gasteiger partial charge in [0.25, 0.3) is 0 Å². The molecule has 2 heterocycles. The van der Waals surface area contributed by atoms with E-state index in [1.807, 2.05) is 0 Å². The third-order valence-corrected chi connectivity index (χ3v) is 3.18. The highest BCUT2D eigenvalue weighted by Gasteiger charge is 2.21. The summed E-state index contributed by atoms with van der Waals surface area (Å²) in [5.74, 6) is -1.06. The molecule has 0 saturated heterocycles. The lowest BCUT2D eigenvalue weighted by molar-refractivity contribution is 0.0517. The number of carbonyl (C=O) groups is 2. The van der Waals surface area contributed by atoms with E-state index < -0.39 is 11.9 Å². The van der Waals surface area contributed by atoms with Crippen LogP contribution in [0.2, 0.25) is 0 Å². The van der Waals surface area contributed by atoms with E-state index in [-0.39, 0.29) is 18.0 Å². The van der Waals surface area contributed by atoms with Crippen LogP contribution in [0.25, 0.3) is 5.65 Å². The molecule has 0 aliphatic heterocycles. The number of aromatic nitrogens is 2. The molecule has 0 aromatic carbocycles. The van der Waals surface area contributed by atoms with Crippen LogP contribution in [0.5, 0.6) is 0 Å². The number of rotatable bonds is 3. The zero-order valence-electron chi connectivity index (χ0n) is 10.3. The zero-order chi connectivity index (χ0) is 14.0. The molecular formula is C12H11BrN2O4. The van der Waals surface area contributed by atoms with Crippen molar-refractivity contribution in [3.05, 3.63) is 34.2 Å². The van der Waals surface area contributed by atoms with Gasteiger partial charge in [0.2, 0.25) is 0 Å². The standard InChI is InChI=1S/C12H11BrN2O4/c1-3-19-12(17)9-10(13)15-7(11(16)18-2)5-4-6-8(15)14-9/h4-6H,3H2,1-2H3. The molecule has 0 bridgehead atoms. The van der Waals surface area contributed by atoms with Gasteiger partial charge in [-0.25, -0.2) is 14.6 Å². The van der Waals surface area contributed by atoms with E-state index in [4.69, 9.17) is 9.47 Å². The number of imidazole rings is 1. The Morgan fingerprint density at radius 2 is 2.11 bits per heavy atom. The molecule has 2 aromatic rings. The van der Waals surface area contributed by atoms with Crippen LogP contribution in [0.4, 0.5) is 0 Å². The minimum Gasteiger partial charge on any atom is -0.464 e. The SMILES string of the molecule is CCOC(=O)c1nc2cccc(C(=O)OC)n2c1Br. The Bertz CT molecular complexity index is 650. The van der Waals surface area contributed by atoms with Crippen LogP contribution in [0.15, 0.2) is 22.8 Å². The highest BCUT2D eigenvalue weighted by molar-refractivity contribution is 9.10. The number of ether oxygens (including phenoxy) is 2. The lowest BCUT2D eigenvalue weighted by Gasteiger charge is -2.04. The summed E-state index contributed by atoms with van der Waals surface area (Å²) in [6.07, 6.45) is 0. The van der Waals surface area contributed by atoms with E-state index in [9.17, 15) is 9.59 Å². The van der Waals surface area contributed by atoms with E-state index in [2.05, 4.69) is 20.9 Å². The number of esters is 2. The Morgan fingerprint density at radius 1 is 1.37 bits per heavy atom. The molecule has 0 N–H and O–H groups in total. The number of hydrogen-bond acceptors (Lipinski definition) is 5. The van der Waals surface area contributed by atoms with Gasteiger partial charge in [0.1, 0.15) is 15.9 Å². The van der Waals surface area contributed by atoms with Gasteiger partial charge < -0.3 is 9.47 Å². The maximum atomic E-state index is 11.7. The van der Waals surface area contributed by atoms with Crippen LogP contribution in [-0.4, -0.2) is 35.0 Å². The van der Waals surface area contributed by atoms with Crippen LogP contribution in [-0.2, 0) is 9.47 Å². The number of halogens is 1. The average molecular weight is 327 g/mol. The first kappa shape index (κ1) is 13.5. The molecule has 2 rings (SSSR count). The molecule has 7 heteroatoms. The highest BCUT2D eigenvalue weighted by Crippen LogP contribution is 2.22. The summed E-state index contributed by atoms with van der Waals surface area (Å²) in [5.41, 5.74) is 0.853. The molecule has 19 heavy (non-hydrogen) atoms. The number of fused-ring (bicyclic) bond motifs is 1. The van der Waals surface area contributed by atoms with Crippen molar-refractivity contribution in [3.63, 3.8) is 0 Å². The summed E-state index contributed by atoms with van der Waals surface area (Å²) >= 11 is 3.26. The van der Waals surface area contributed by atoms with Gasteiger partial charge in [0.05, 0.1) is 13.7 Å². The van der Waals surface area contributed by atoms with Gasteiger partial charge in [-0.05, 0) is 35.0 Å². The van der Waals surface area contributed by atoms with Crippen molar-refractivity contribution in [3.8, 4) is 0 Å². The number of methoxy groups -OCH3 is 1. The number of nitrogens with zero attached hydrogens (tertiary/aromatic N) is 2. The first-order valence-electron chi connectivity index (χ1n) is 5.52. The van der Waals surface area contributed by atoms with Gasteiger partial charge in [-0.3, -0.25) is 4.40 Å². The topological polar surface area (TPSA) is 69.9 Å². The van der Waals surface area contributed by atoms with Gasteiger partial charge in [-0.1, -0.05) is 6.07 Å². The van der Waals surface area contributed by atoms with Gasteiger partial charge in [-0.15, -0.1) is 0 Å². The molecule has 0 spiro atoms. The van der Waals surface area contributed by atoms with Gasteiger partial charge in [0.15, 0.2) is 5.69 Å². The zero-order valence-corrected chi connectivity index (χ0v) is 11.9. The Labute approximate surface area is 117 Å². The molecule has 0 aliphatic carbocycles. The van der Waals surface area contributed by atoms with Crippen molar-refractivity contribution < 1.29 is 19.1 Å². The Hall–Kier alpha value is -1.89. The van der Waals surface area contributed by atoms with Crippen LogP contribution in [0.1, 0.15) is 27.9 Å². The van der Waals surface area contributed by atoms with Gasteiger partial charge in [0, 0.05) is 0 Å². The molecule has 0 aliphatic rings. The van der Waals surface area contributed by atoms with Gasteiger partial charge >= 0.3 is 11.9 Å². The predicted molar refractivity (Wildman–Crippen MR) is 70.2 cm³/mol. The second-order valence-corrected chi connectivity index (χ2v) is 4.32. The van der Waals surface area contributed by atoms with Crippen molar-refractivity contribution in [2.24, 2.45) is 0 Å². The van der Waals surface area contributed by atoms with E-state index in [0.29, 0.717) is 10.3 Å². The summed E-state index contributed by atoms with van der Waals surface area (Å²) in [4.78, 5) is 27.6. The second kappa shape index (κ2) is 5.40. The summed E-state index contributed by atoms with van der Waals surface area (Å²) in [6.45, 7) is 1.96. The normalized spacial score (nSPS) is 10.5. The third kappa shape index (κ3) is 2.33. The molecule has 0 unspecified atom stereocenters. The molecule has 0 radical (unpaired) electrons. The van der Waals surface area contributed by atoms with Crippen molar-refractivity contribution in [1.82, 2.24) is 9.38 Å².